The van der Waals surface area contributed by atoms with E-state index in [2.05, 4.69) is 5.32 Å². The number of ether oxygens (including phenoxy) is 1. The molecule has 0 aromatic heterocycles. The lowest BCUT2D eigenvalue weighted by atomic mass is 10.1. The van der Waals surface area contributed by atoms with Crippen LogP contribution in [0.4, 0.5) is 5.69 Å². The molecule has 0 heterocycles. The Morgan fingerprint density at radius 3 is 2.00 bits per heavy atom. The average molecular weight is 592 g/mol. The zero-order valence-corrected chi connectivity index (χ0v) is 24.2. The highest BCUT2D eigenvalue weighted by atomic mass is 35.5. The van der Waals surface area contributed by atoms with Gasteiger partial charge in [0.2, 0.25) is 11.8 Å². The first kappa shape index (κ1) is 29.6. The smallest absolute Gasteiger partial charge is 0.264 e. The molecule has 0 aliphatic carbocycles. The van der Waals surface area contributed by atoms with Crippen molar-refractivity contribution in [2.45, 2.75) is 24.4 Å². The molecule has 0 fully saturated rings. The van der Waals surface area contributed by atoms with Gasteiger partial charge in [-0.1, -0.05) is 66.2 Å². The van der Waals surface area contributed by atoms with E-state index in [4.69, 9.17) is 16.3 Å². The molecule has 0 spiro atoms. The number of nitrogens with zero attached hydrogens (tertiary/aromatic N) is 2. The fourth-order valence-electron chi connectivity index (χ4n) is 4.16. The molecule has 0 bridgehead atoms. The summed E-state index contributed by atoms with van der Waals surface area (Å²) in [5.41, 5.74) is 0.881. The summed E-state index contributed by atoms with van der Waals surface area (Å²) in [5.74, 6) is 0.148. The number of sulfonamides is 1. The zero-order valence-electron chi connectivity index (χ0n) is 22.6. The van der Waals surface area contributed by atoms with Crippen LogP contribution in [0, 0.1) is 0 Å². The Morgan fingerprint density at radius 1 is 0.829 bits per heavy atom. The molecule has 4 aromatic carbocycles. The number of para-hydroxylation sites is 1. The SMILES string of the molecule is CNC(=O)[C@H](C)N(Cc1ccccc1Cl)C(=O)CN(c1ccc(Oc2ccccc2)cc1)S(=O)(=O)c1ccccc1. The number of benzene rings is 4. The molecule has 0 radical (unpaired) electrons. The van der Waals surface area contributed by atoms with E-state index < -0.39 is 34.4 Å². The van der Waals surface area contributed by atoms with Crippen LogP contribution in [0.3, 0.4) is 0 Å². The van der Waals surface area contributed by atoms with Gasteiger partial charge in [0, 0.05) is 18.6 Å². The first-order valence-electron chi connectivity index (χ1n) is 12.9. The van der Waals surface area contributed by atoms with Crippen molar-refractivity contribution in [3.05, 3.63) is 120 Å². The summed E-state index contributed by atoms with van der Waals surface area (Å²) in [7, 11) is -2.69. The molecule has 10 heteroatoms. The average Bonchev–Trinajstić information content (AvgIpc) is 3.00. The van der Waals surface area contributed by atoms with Crippen molar-refractivity contribution >= 4 is 39.1 Å². The van der Waals surface area contributed by atoms with Crippen molar-refractivity contribution in [3.63, 3.8) is 0 Å². The molecule has 2 amide bonds. The molecule has 0 aliphatic rings. The third-order valence-corrected chi connectivity index (χ3v) is 8.58. The number of rotatable bonds is 11. The van der Waals surface area contributed by atoms with Gasteiger partial charge in [0.25, 0.3) is 10.0 Å². The molecule has 8 nitrogen and oxygen atoms in total. The van der Waals surface area contributed by atoms with Crippen LogP contribution in [-0.2, 0) is 26.2 Å². The van der Waals surface area contributed by atoms with Crippen LogP contribution in [0.5, 0.6) is 11.5 Å². The van der Waals surface area contributed by atoms with Gasteiger partial charge in [-0.2, -0.15) is 0 Å². The summed E-state index contributed by atoms with van der Waals surface area (Å²) in [5, 5.41) is 2.98. The zero-order chi connectivity index (χ0) is 29.4. The molecular formula is C31H30ClN3O5S. The van der Waals surface area contributed by atoms with Gasteiger partial charge in [-0.05, 0) is 67.1 Å². The van der Waals surface area contributed by atoms with E-state index in [0.717, 1.165) is 4.31 Å². The minimum atomic E-state index is -4.17. The number of nitrogens with one attached hydrogen (secondary N) is 1. The summed E-state index contributed by atoms with van der Waals surface area (Å²) in [6.07, 6.45) is 0. The number of carbonyl (C=O) groups excluding carboxylic acids is 2. The van der Waals surface area contributed by atoms with E-state index in [1.165, 1.54) is 24.1 Å². The predicted molar refractivity (Wildman–Crippen MR) is 159 cm³/mol. The molecular weight excluding hydrogens is 562 g/mol. The second kappa shape index (κ2) is 13.3. The van der Waals surface area contributed by atoms with Crippen molar-refractivity contribution in [3.8, 4) is 11.5 Å². The second-order valence-corrected chi connectivity index (χ2v) is 11.4. The number of amides is 2. The first-order chi connectivity index (χ1) is 19.7. The topological polar surface area (TPSA) is 96.0 Å². The number of anilines is 1. The molecule has 41 heavy (non-hydrogen) atoms. The normalized spacial score (nSPS) is 11.8. The van der Waals surface area contributed by atoms with Crippen molar-refractivity contribution in [1.29, 1.82) is 0 Å². The van der Waals surface area contributed by atoms with Gasteiger partial charge in [0.15, 0.2) is 0 Å². The maximum Gasteiger partial charge on any atom is 0.264 e. The summed E-state index contributed by atoms with van der Waals surface area (Å²) in [6, 6.07) is 29.5. The third-order valence-electron chi connectivity index (χ3n) is 6.43. The van der Waals surface area contributed by atoms with E-state index in [9.17, 15) is 18.0 Å². The molecule has 0 unspecified atom stereocenters. The maximum atomic E-state index is 13.9. The summed E-state index contributed by atoms with van der Waals surface area (Å²) in [6.45, 7) is 1.04. The fraction of sp³-hybridized carbons (Fsp3) is 0.161. The molecule has 1 atom stereocenters. The van der Waals surface area contributed by atoms with Crippen molar-refractivity contribution in [2.75, 3.05) is 17.9 Å². The molecule has 0 saturated heterocycles. The molecule has 212 valence electrons. The minimum Gasteiger partial charge on any atom is -0.457 e. The highest BCUT2D eigenvalue weighted by molar-refractivity contribution is 7.92. The Morgan fingerprint density at radius 2 is 1.39 bits per heavy atom. The minimum absolute atomic E-state index is 0.0101. The number of hydrogen-bond donors (Lipinski definition) is 1. The summed E-state index contributed by atoms with van der Waals surface area (Å²) in [4.78, 5) is 27.8. The van der Waals surface area contributed by atoms with E-state index in [0.29, 0.717) is 22.1 Å². The van der Waals surface area contributed by atoms with Gasteiger partial charge in [-0.25, -0.2) is 8.42 Å². The number of carbonyl (C=O) groups is 2. The van der Waals surface area contributed by atoms with Gasteiger partial charge in [-0.15, -0.1) is 0 Å². The van der Waals surface area contributed by atoms with Crippen molar-refractivity contribution < 1.29 is 22.7 Å². The first-order valence-corrected chi connectivity index (χ1v) is 14.7. The Kier molecular flexibility index (Phi) is 9.65. The lowest BCUT2D eigenvalue weighted by Crippen LogP contribution is -2.50. The highest BCUT2D eigenvalue weighted by Crippen LogP contribution is 2.29. The lowest BCUT2D eigenvalue weighted by molar-refractivity contribution is -0.139. The third kappa shape index (κ3) is 7.25. The second-order valence-electron chi connectivity index (χ2n) is 9.14. The Bertz CT molecular complexity index is 1580. The Labute approximate surface area is 245 Å². The van der Waals surface area contributed by atoms with Crippen LogP contribution in [0.15, 0.2) is 114 Å². The van der Waals surface area contributed by atoms with Crippen LogP contribution in [0.1, 0.15) is 12.5 Å². The number of hydrogen-bond acceptors (Lipinski definition) is 5. The molecule has 4 aromatic rings. The van der Waals surface area contributed by atoms with Gasteiger partial charge >= 0.3 is 0 Å². The van der Waals surface area contributed by atoms with Gasteiger partial charge in [-0.3, -0.25) is 13.9 Å². The van der Waals surface area contributed by atoms with Crippen LogP contribution in [0.25, 0.3) is 0 Å². The Hall–Kier alpha value is -4.34. The van der Waals surface area contributed by atoms with Crippen LogP contribution >= 0.6 is 11.6 Å². The number of likely N-dealkylation sites (N-methyl/N-ethyl adjacent to an activating group) is 1. The van der Waals surface area contributed by atoms with E-state index in [1.54, 1.807) is 85.8 Å². The lowest BCUT2D eigenvalue weighted by Gasteiger charge is -2.32. The predicted octanol–water partition coefficient (Wildman–Crippen LogP) is 5.49. The standard InChI is InChI=1S/C31H30ClN3O5S/c1-23(31(37)33-2)34(21-24-11-9-10-16-29(24)32)30(36)22-35(41(38,39)28-14-7-4-8-15-28)25-17-19-27(20-18-25)40-26-12-5-3-6-13-26/h3-20,23H,21-22H2,1-2H3,(H,33,37)/t23-/m0/s1. The largest absolute Gasteiger partial charge is 0.457 e. The quantitative estimate of drug-likeness (QED) is 0.249. The summed E-state index contributed by atoms with van der Waals surface area (Å²) >= 11 is 6.36. The number of halogens is 1. The highest BCUT2D eigenvalue weighted by Gasteiger charge is 2.32. The van der Waals surface area contributed by atoms with E-state index >= 15 is 0 Å². The molecule has 0 aliphatic heterocycles. The molecule has 0 saturated carbocycles. The van der Waals surface area contributed by atoms with Crippen LogP contribution in [-0.4, -0.2) is 44.8 Å². The maximum absolute atomic E-state index is 13.9. The fourth-order valence-corrected chi connectivity index (χ4v) is 5.79. The van der Waals surface area contributed by atoms with Gasteiger partial charge < -0.3 is 15.0 Å². The van der Waals surface area contributed by atoms with Crippen molar-refractivity contribution in [1.82, 2.24) is 10.2 Å². The van der Waals surface area contributed by atoms with E-state index in [1.807, 2.05) is 18.2 Å². The van der Waals surface area contributed by atoms with Gasteiger partial charge in [0.1, 0.15) is 24.1 Å². The van der Waals surface area contributed by atoms with E-state index in [-0.39, 0.29) is 17.1 Å². The van der Waals surface area contributed by atoms with Crippen LogP contribution < -0.4 is 14.4 Å². The molecule has 1 N–H and O–H groups in total. The van der Waals surface area contributed by atoms with Crippen molar-refractivity contribution in [2.24, 2.45) is 0 Å². The summed E-state index contributed by atoms with van der Waals surface area (Å²) < 4.78 is 34.6. The monoisotopic (exact) mass is 591 g/mol. The van der Waals surface area contributed by atoms with Crippen LogP contribution in [0.2, 0.25) is 5.02 Å². The molecule has 4 rings (SSSR count). The Balaban J connectivity index is 1.69. The van der Waals surface area contributed by atoms with Gasteiger partial charge in [0.05, 0.1) is 10.6 Å².